The summed E-state index contributed by atoms with van der Waals surface area (Å²) in [5.74, 6) is -9.24. The molecule has 0 unspecified atom stereocenters. The summed E-state index contributed by atoms with van der Waals surface area (Å²) in [6.45, 7) is 5.83. The van der Waals surface area contributed by atoms with Gasteiger partial charge in [0.2, 0.25) is 23.5 Å². The van der Waals surface area contributed by atoms with Crippen LogP contribution < -0.4 is 10.6 Å². The molecule has 2 heterocycles. The van der Waals surface area contributed by atoms with Gasteiger partial charge in [0.25, 0.3) is 0 Å². The van der Waals surface area contributed by atoms with Crippen molar-refractivity contribution in [3.63, 3.8) is 0 Å². The minimum Gasteiger partial charge on any atom is -0.344 e. The smallest absolute Gasteiger partial charge is 0.330 e. The summed E-state index contributed by atoms with van der Waals surface area (Å²) in [6, 6.07) is 7.04. The fourth-order valence-corrected chi connectivity index (χ4v) is 6.87. The lowest BCUT2D eigenvalue weighted by molar-refractivity contribution is -0.147. The second kappa shape index (κ2) is 15.5. The molecule has 0 bridgehead atoms. The predicted molar refractivity (Wildman–Crippen MR) is 179 cm³/mol. The van der Waals surface area contributed by atoms with E-state index in [-0.39, 0.29) is 29.8 Å². The SMILES string of the molecule is CCC(=O)N[C@@H](C(=O)N1CCN(C)CC1)[C@@H](C)c1ccc(NC(=O)[C@@H](CC(=O)C(F)(F)c2ccc3[nH]ncc3c2)C2CCCCC2)c(F)c1. The maximum Gasteiger partial charge on any atom is 0.330 e. The third-order valence-electron chi connectivity index (χ3n) is 10.1. The molecule has 1 saturated carbocycles. The topological polar surface area (TPSA) is 127 Å². The number of carbonyl (C=O) groups is 4. The first kappa shape index (κ1) is 36.0. The number of anilines is 1. The first-order valence-electron chi connectivity index (χ1n) is 17.1. The number of fused-ring (bicyclic) bond motifs is 1. The van der Waals surface area contributed by atoms with Crippen LogP contribution in [0.5, 0.6) is 0 Å². The number of aromatic amines is 1. The largest absolute Gasteiger partial charge is 0.344 e. The molecule has 49 heavy (non-hydrogen) atoms. The van der Waals surface area contributed by atoms with Crippen LogP contribution in [0.4, 0.5) is 18.9 Å². The van der Waals surface area contributed by atoms with E-state index >= 15 is 13.2 Å². The fraction of sp³-hybridized carbons (Fsp3) is 0.528. The van der Waals surface area contributed by atoms with E-state index in [0.29, 0.717) is 55.5 Å². The Morgan fingerprint density at radius 1 is 1.02 bits per heavy atom. The highest BCUT2D eigenvalue weighted by Crippen LogP contribution is 2.38. The molecule has 1 aliphatic carbocycles. The molecule has 3 aromatic rings. The van der Waals surface area contributed by atoms with Gasteiger partial charge in [-0.2, -0.15) is 13.9 Å². The molecule has 13 heteroatoms. The van der Waals surface area contributed by atoms with Gasteiger partial charge in [-0.05, 0) is 55.6 Å². The number of piperazine rings is 1. The highest BCUT2D eigenvalue weighted by atomic mass is 19.3. The van der Waals surface area contributed by atoms with Gasteiger partial charge in [0.1, 0.15) is 11.9 Å². The second-order valence-corrected chi connectivity index (χ2v) is 13.4. The summed E-state index contributed by atoms with van der Waals surface area (Å²) in [5, 5.41) is 12.3. The molecule has 0 radical (unpaired) electrons. The average Bonchev–Trinajstić information content (AvgIpc) is 3.58. The minimum atomic E-state index is -3.84. The lowest BCUT2D eigenvalue weighted by Crippen LogP contribution is -2.55. The molecular weight excluding hydrogens is 637 g/mol. The Kier molecular flexibility index (Phi) is 11.4. The maximum absolute atomic E-state index is 15.6. The van der Waals surface area contributed by atoms with Crippen LogP contribution >= 0.6 is 0 Å². The molecule has 3 N–H and O–H groups in total. The molecule has 264 valence electrons. The fourth-order valence-electron chi connectivity index (χ4n) is 6.87. The Hall–Kier alpha value is -4.26. The number of hydrogen-bond acceptors (Lipinski definition) is 6. The van der Waals surface area contributed by atoms with Crippen LogP contribution in [0.2, 0.25) is 0 Å². The maximum atomic E-state index is 15.6. The number of ketones is 1. The summed E-state index contributed by atoms with van der Waals surface area (Å²) < 4.78 is 46.7. The summed E-state index contributed by atoms with van der Waals surface area (Å²) in [4.78, 5) is 56.6. The zero-order chi connectivity index (χ0) is 35.3. The van der Waals surface area contributed by atoms with E-state index in [1.807, 2.05) is 7.05 Å². The number of nitrogens with one attached hydrogen (secondary N) is 3. The van der Waals surface area contributed by atoms with Gasteiger partial charge in [0.05, 0.1) is 17.4 Å². The molecule has 3 atom stereocenters. The Morgan fingerprint density at radius 2 is 1.73 bits per heavy atom. The zero-order valence-corrected chi connectivity index (χ0v) is 28.2. The molecule has 2 aliphatic rings. The van der Waals surface area contributed by atoms with Gasteiger partial charge in [0.15, 0.2) is 0 Å². The quantitative estimate of drug-likeness (QED) is 0.236. The molecule has 1 aliphatic heterocycles. The van der Waals surface area contributed by atoms with Crippen molar-refractivity contribution >= 4 is 40.1 Å². The monoisotopic (exact) mass is 682 g/mol. The second-order valence-electron chi connectivity index (χ2n) is 13.4. The van der Waals surface area contributed by atoms with E-state index in [1.165, 1.54) is 36.5 Å². The van der Waals surface area contributed by atoms with Crippen molar-refractivity contribution < 1.29 is 32.3 Å². The van der Waals surface area contributed by atoms with Gasteiger partial charge in [-0.3, -0.25) is 24.3 Å². The number of hydrogen-bond donors (Lipinski definition) is 3. The lowest BCUT2D eigenvalue weighted by atomic mass is 9.76. The summed E-state index contributed by atoms with van der Waals surface area (Å²) >= 11 is 0. The highest BCUT2D eigenvalue weighted by molar-refractivity contribution is 5.98. The highest BCUT2D eigenvalue weighted by Gasteiger charge is 2.44. The number of benzene rings is 2. The standard InChI is InChI=1S/C36H45F3N6O4/c1-4-32(47)42-33(35(49)45-16-14-44(3)15-17-45)22(2)24-10-12-30(28(37)19-24)41-34(48)27(23-8-6-5-7-9-23)20-31(46)36(38,39)26-11-13-29-25(18-26)21-40-43-29/h10-13,18-19,21-23,27,33H,4-9,14-17,20H2,1-3H3,(H,40,43)(H,41,48)(H,42,47)/t22-,27-,33+/m0/s1. The molecule has 5 rings (SSSR count). The number of halogens is 3. The van der Waals surface area contributed by atoms with E-state index < -0.39 is 53.3 Å². The number of nitrogens with zero attached hydrogens (tertiary/aromatic N) is 3. The van der Waals surface area contributed by atoms with Crippen molar-refractivity contribution in [2.45, 2.75) is 76.7 Å². The summed E-state index contributed by atoms with van der Waals surface area (Å²) in [7, 11) is 1.97. The van der Waals surface area contributed by atoms with Crippen LogP contribution in [-0.2, 0) is 25.1 Å². The van der Waals surface area contributed by atoms with Crippen molar-refractivity contribution in [1.29, 1.82) is 0 Å². The first-order valence-corrected chi connectivity index (χ1v) is 17.1. The van der Waals surface area contributed by atoms with E-state index in [2.05, 4.69) is 25.7 Å². The number of likely N-dealkylation sites (N-methyl/N-ethyl adjacent to an activating group) is 1. The van der Waals surface area contributed by atoms with Crippen LogP contribution in [0.3, 0.4) is 0 Å². The van der Waals surface area contributed by atoms with Gasteiger partial charge >= 0.3 is 5.92 Å². The van der Waals surface area contributed by atoms with Gasteiger partial charge < -0.3 is 20.4 Å². The third-order valence-corrected chi connectivity index (χ3v) is 10.1. The number of carbonyl (C=O) groups excluding carboxylic acids is 4. The Morgan fingerprint density at radius 3 is 2.41 bits per heavy atom. The number of alkyl halides is 2. The van der Waals surface area contributed by atoms with Crippen LogP contribution in [0.25, 0.3) is 10.9 Å². The van der Waals surface area contributed by atoms with Crippen LogP contribution in [0.15, 0.2) is 42.6 Å². The molecule has 3 amide bonds. The Labute approximate surface area is 284 Å². The number of amides is 3. The van der Waals surface area contributed by atoms with Crippen LogP contribution in [-0.4, -0.2) is 82.8 Å². The van der Waals surface area contributed by atoms with Crippen molar-refractivity contribution in [3.05, 3.63) is 59.5 Å². The number of aromatic nitrogens is 2. The summed E-state index contributed by atoms with van der Waals surface area (Å²) in [6.07, 6.45) is 4.63. The molecule has 2 fully saturated rings. The molecule has 0 spiro atoms. The Balaban J connectivity index is 1.33. The van der Waals surface area contributed by atoms with Gasteiger partial charge in [0, 0.05) is 61.8 Å². The van der Waals surface area contributed by atoms with Crippen LogP contribution in [0.1, 0.15) is 75.8 Å². The summed E-state index contributed by atoms with van der Waals surface area (Å²) in [5.41, 5.74) is 0.347. The van der Waals surface area contributed by atoms with E-state index in [4.69, 9.17) is 0 Å². The van der Waals surface area contributed by atoms with Gasteiger partial charge in [-0.1, -0.05) is 45.2 Å². The van der Waals surface area contributed by atoms with Crippen LogP contribution in [0, 0.1) is 17.7 Å². The number of rotatable bonds is 12. The van der Waals surface area contributed by atoms with Crippen molar-refractivity contribution in [2.24, 2.45) is 11.8 Å². The van der Waals surface area contributed by atoms with E-state index in [1.54, 1.807) is 24.8 Å². The van der Waals surface area contributed by atoms with Gasteiger partial charge in [-0.15, -0.1) is 0 Å². The molecule has 1 aromatic heterocycles. The normalized spacial score (nSPS) is 18.1. The first-order chi connectivity index (χ1) is 23.4. The molecule has 1 saturated heterocycles. The number of Topliss-reactive ketones (excluding diaryl/α,β-unsaturated/α-hetero) is 1. The Bertz CT molecular complexity index is 1670. The number of H-pyrrole nitrogens is 1. The average molecular weight is 683 g/mol. The molecular formula is C36H45F3N6O4. The lowest BCUT2D eigenvalue weighted by Gasteiger charge is -2.36. The van der Waals surface area contributed by atoms with Gasteiger partial charge in [-0.25, -0.2) is 4.39 Å². The van der Waals surface area contributed by atoms with Crippen molar-refractivity contribution in [1.82, 2.24) is 25.3 Å². The van der Waals surface area contributed by atoms with Crippen molar-refractivity contribution in [2.75, 3.05) is 38.5 Å². The minimum absolute atomic E-state index is 0.161. The van der Waals surface area contributed by atoms with E-state index in [9.17, 15) is 19.2 Å². The zero-order valence-electron chi connectivity index (χ0n) is 28.2. The van der Waals surface area contributed by atoms with E-state index in [0.717, 1.165) is 19.3 Å². The molecule has 2 aromatic carbocycles. The predicted octanol–water partition coefficient (Wildman–Crippen LogP) is 5.36. The van der Waals surface area contributed by atoms with Crippen molar-refractivity contribution in [3.8, 4) is 0 Å². The molecule has 10 nitrogen and oxygen atoms in total. The third kappa shape index (κ3) is 8.31.